The lowest BCUT2D eigenvalue weighted by atomic mass is 9.60. The number of hydrogen-bond donors (Lipinski definition) is 0. The van der Waals surface area contributed by atoms with Crippen molar-refractivity contribution in [3.05, 3.63) is 24.5 Å². The summed E-state index contributed by atoms with van der Waals surface area (Å²) < 4.78 is 12.5. The van der Waals surface area contributed by atoms with Gasteiger partial charge in [0.25, 0.3) is 0 Å². The Morgan fingerprint density at radius 1 is 0.476 bits per heavy atom. The first-order valence-electron chi connectivity index (χ1n) is 18.2. The number of esters is 2. The molecule has 4 heteroatoms. The van der Waals surface area contributed by atoms with Gasteiger partial charge in [0.05, 0.1) is 0 Å². The number of carbonyl (C=O) groups excluding carboxylic acids is 2. The standard InChI is InChI=1S/C38H64O4/c1-31(2)36(39)41-32(3)37(40)42-38(33-25-19-13-7-4-8-14-20-26-33,34-27-21-15-9-5-10-16-22-28-34)35-29-23-17-11-6-12-18-24-30-35/h33-35H,1,3-30H2,2H3. The Morgan fingerprint density at radius 2 is 0.738 bits per heavy atom. The Morgan fingerprint density at radius 3 is 1.00 bits per heavy atom. The molecule has 0 saturated heterocycles. The molecule has 0 radical (unpaired) electrons. The van der Waals surface area contributed by atoms with Crippen molar-refractivity contribution in [1.29, 1.82) is 0 Å². The van der Waals surface area contributed by atoms with Crippen LogP contribution in [-0.2, 0) is 19.1 Å². The summed E-state index contributed by atoms with van der Waals surface area (Å²) >= 11 is 0. The summed E-state index contributed by atoms with van der Waals surface area (Å²) in [5, 5.41) is 0. The fourth-order valence-electron chi connectivity index (χ4n) is 8.49. The van der Waals surface area contributed by atoms with E-state index >= 15 is 0 Å². The monoisotopic (exact) mass is 584 g/mol. The highest BCUT2D eigenvalue weighted by atomic mass is 16.6. The molecule has 240 valence electrons. The van der Waals surface area contributed by atoms with Crippen LogP contribution in [0.3, 0.4) is 0 Å². The van der Waals surface area contributed by atoms with Crippen molar-refractivity contribution in [3.63, 3.8) is 0 Å². The zero-order valence-electron chi connectivity index (χ0n) is 27.4. The van der Waals surface area contributed by atoms with E-state index in [1.165, 1.54) is 135 Å². The highest BCUT2D eigenvalue weighted by molar-refractivity contribution is 5.94. The van der Waals surface area contributed by atoms with Gasteiger partial charge in [0.1, 0.15) is 5.60 Å². The molecule has 0 aromatic rings. The molecule has 3 rings (SSSR count). The second-order valence-electron chi connectivity index (χ2n) is 14.1. The predicted octanol–water partition coefficient (Wildman–Crippen LogP) is 11.3. The van der Waals surface area contributed by atoms with E-state index in [2.05, 4.69) is 13.2 Å². The minimum Gasteiger partial charge on any atom is -0.452 e. The molecule has 0 amide bonds. The van der Waals surface area contributed by atoms with Gasteiger partial charge in [-0.25, -0.2) is 9.59 Å². The molecular weight excluding hydrogens is 520 g/mol. The number of rotatable bonds is 7. The van der Waals surface area contributed by atoms with Gasteiger partial charge < -0.3 is 9.47 Å². The molecule has 3 aliphatic rings. The van der Waals surface area contributed by atoms with E-state index in [-0.39, 0.29) is 11.3 Å². The quantitative estimate of drug-likeness (QED) is 0.170. The molecule has 3 saturated carbocycles. The SMILES string of the molecule is C=C(C)C(=O)OC(=C)C(=O)OC(C1CCCCCCCCC1)(C1CCCCCCCCC1)C1CCCCCCCCC1. The third-order valence-corrected chi connectivity index (χ3v) is 10.8. The van der Waals surface area contributed by atoms with Crippen LogP contribution in [0.5, 0.6) is 0 Å². The molecule has 0 aromatic carbocycles. The number of carbonyl (C=O) groups is 2. The lowest BCUT2D eigenvalue weighted by Crippen LogP contribution is -2.55. The van der Waals surface area contributed by atoms with Gasteiger partial charge in [0.15, 0.2) is 0 Å². The first kappa shape index (κ1) is 34.9. The van der Waals surface area contributed by atoms with Crippen molar-refractivity contribution in [2.45, 2.75) is 186 Å². The van der Waals surface area contributed by atoms with Gasteiger partial charge >= 0.3 is 11.9 Å². The van der Waals surface area contributed by atoms with Crippen molar-refractivity contribution in [3.8, 4) is 0 Å². The highest BCUT2D eigenvalue weighted by Crippen LogP contribution is 2.51. The largest absolute Gasteiger partial charge is 0.452 e. The first-order chi connectivity index (χ1) is 20.4. The van der Waals surface area contributed by atoms with Crippen LogP contribution in [0.4, 0.5) is 0 Å². The second-order valence-corrected chi connectivity index (χ2v) is 14.1. The molecular formula is C38H64O4. The minimum absolute atomic E-state index is 0.174. The normalized spacial score (nSPS) is 22.8. The lowest BCUT2D eigenvalue weighted by Gasteiger charge is -2.52. The smallest absolute Gasteiger partial charge is 0.374 e. The first-order valence-corrected chi connectivity index (χ1v) is 18.2. The van der Waals surface area contributed by atoms with Crippen LogP contribution in [-0.4, -0.2) is 17.5 Å². The molecule has 0 atom stereocenters. The second kappa shape index (κ2) is 19.6. The van der Waals surface area contributed by atoms with Gasteiger partial charge in [-0.15, -0.1) is 0 Å². The molecule has 3 fully saturated rings. The summed E-state index contributed by atoms with van der Waals surface area (Å²) in [7, 11) is 0. The van der Waals surface area contributed by atoms with Gasteiger partial charge in [0.2, 0.25) is 5.76 Å². The van der Waals surface area contributed by atoms with E-state index < -0.39 is 17.5 Å². The summed E-state index contributed by atoms with van der Waals surface area (Å²) in [4.78, 5) is 26.4. The molecule has 0 heterocycles. The Balaban J connectivity index is 2.07. The summed E-state index contributed by atoms with van der Waals surface area (Å²) in [6.45, 7) is 9.23. The fourth-order valence-corrected chi connectivity index (χ4v) is 8.49. The van der Waals surface area contributed by atoms with Crippen molar-refractivity contribution >= 4 is 11.9 Å². The van der Waals surface area contributed by atoms with E-state index in [0.717, 1.165) is 38.5 Å². The van der Waals surface area contributed by atoms with Crippen LogP contribution in [0.1, 0.15) is 180 Å². The van der Waals surface area contributed by atoms with Gasteiger partial charge in [-0.1, -0.05) is 141 Å². The Hall–Kier alpha value is -1.58. The van der Waals surface area contributed by atoms with Crippen molar-refractivity contribution in [1.82, 2.24) is 0 Å². The molecule has 0 unspecified atom stereocenters. The zero-order valence-corrected chi connectivity index (χ0v) is 27.4. The van der Waals surface area contributed by atoms with Crippen molar-refractivity contribution < 1.29 is 19.1 Å². The van der Waals surface area contributed by atoms with Crippen molar-refractivity contribution in [2.75, 3.05) is 0 Å². The molecule has 3 aliphatic carbocycles. The third kappa shape index (κ3) is 11.2. The topological polar surface area (TPSA) is 52.6 Å². The van der Waals surface area contributed by atoms with Crippen LogP contribution < -0.4 is 0 Å². The fraction of sp³-hybridized carbons (Fsp3) is 0.842. The number of ether oxygens (including phenoxy) is 2. The predicted molar refractivity (Wildman–Crippen MR) is 174 cm³/mol. The average Bonchev–Trinajstić information content (AvgIpc) is 2.99. The molecule has 4 nitrogen and oxygen atoms in total. The maximum Gasteiger partial charge on any atom is 0.374 e. The van der Waals surface area contributed by atoms with Gasteiger partial charge in [-0.3, -0.25) is 0 Å². The molecule has 0 spiro atoms. The maximum atomic E-state index is 14.0. The van der Waals surface area contributed by atoms with Crippen molar-refractivity contribution in [2.24, 2.45) is 17.8 Å². The van der Waals surface area contributed by atoms with Crippen LogP contribution in [0.15, 0.2) is 24.5 Å². The summed E-state index contributed by atoms with van der Waals surface area (Å²) in [6, 6.07) is 0. The lowest BCUT2D eigenvalue weighted by molar-refractivity contribution is -0.195. The van der Waals surface area contributed by atoms with E-state index in [4.69, 9.17) is 9.47 Å². The summed E-state index contributed by atoms with van der Waals surface area (Å²) in [5.74, 6) is -0.235. The van der Waals surface area contributed by atoms with Crippen LogP contribution >= 0.6 is 0 Å². The highest BCUT2D eigenvalue weighted by Gasteiger charge is 2.53. The van der Waals surface area contributed by atoms with Crippen LogP contribution in [0, 0.1) is 17.8 Å². The summed E-state index contributed by atoms with van der Waals surface area (Å²) in [5.41, 5.74) is -0.255. The van der Waals surface area contributed by atoms with E-state index in [9.17, 15) is 9.59 Å². The Kier molecular flexibility index (Phi) is 16.3. The van der Waals surface area contributed by atoms with Gasteiger partial charge in [0, 0.05) is 5.57 Å². The average molecular weight is 585 g/mol. The van der Waals surface area contributed by atoms with Gasteiger partial charge in [-0.2, -0.15) is 0 Å². The van der Waals surface area contributed by atoms with Crippen LogP contribution in [0.25, 0.3) is 0 Å². The van der Waals surface area contributed by atoms with E-state index in [1.54, 1.807) is 6.92 Å². The van der Waals surface area contributed by atoms with E-state index in [1.807, 2.05) is 0 Å². The maximum absolute atomic E-state index is 14.0. The zero-order chi connectivity index (χ0) is 30.0. The molecule has 0 N–H and O–H groups in total. The van der Waals surface area contributed by atoms with Crippen LogP contribution in [0.2, 0.25) is 0 Å². The Labute approximate surface area is 258 Å². The molecule has 0 aromatic heterocycles. The van der Waals surface area contributed by atoms with E-state index in [0.29, 0.717) is 17.8 Å². The third-order valence-electron chi connectivity index (χ3n) is 10.8. The molecule has 0 aliphatic heterocycles. The molecule has 0 bridgehead atoms. The number of hydrogen-bond acceptors (Lipinski definition) is 4. The minimum atomic E-state index is -0.598. The van der Waals surface area contributed by atoms with Gasteiger partial charge in [-0.05, 0) is 69.8 Å². The Bertz CT molecular complexity index is 734. The summed E-state index contributed by atoms with van der Waals surface area (Å²) in [6.07, 6.45) is 33.8. The molecule has 42 heavy (non-hydrogen) atoms.